The number of carbonyl (C=O) groups excluding carboxylic acids is 3. The van der Waals surface area contributed by atoms with Crippen molar-refractivity contribution in [1.82, 2.24) is 4.90 Å². The smallest absolute Gasteiger partial charge is 0.338 e. The second-order valence-electron chi connectivity index (χ2n) is 6.44. The molecule has 0 N–H and O–H groups in total. The minimum Gasteiger partial charge on any atom is -0.449 e. The van der Waals surface area contributed by atoms with Crippen molar-refractivity contribution in [3.8, 4) is 0 Å². The molecule has 0 spiro atoms. The monoisotopic (exact) mass is 366 g/mol. The van der Waals surface area contributed by atoms with Gasteiger partial charge in [0.05, 0.1) is 5.56 Å². The summed E-state index contributed by atoms with van der Waals surface area (Å²) in [6, 6.07) is 16.2. The highest BCUT2D eigenvalue weighted by Gasteiger charge is 2.27. The first kappa shape index (κ1) is 18.6. The largest absolute Gasteiger partial charge is 0.449 e. The van der Waals surface area contributed by atoms with Gasteiger partial charge in [-0.15, -0.1) is 0 Å². The quantitative estimate of drug-likeness (QED) is 0.600. The molecule has 1 amide bonds. The van der Waals surface area contributed by atoms with Crippen molar-refractivity contribution in [2.75, 3.05) is 31.1 Å². The van der Waals surface area contributed by atoms with Crippen LogP contribution in [0.2, 0.25) is 0 Å². The van der Waals surface area contributed by atoms with E-state index in [0.717, 1.165) is 18.8 Å². The van der Waals surface area contributed by atoms with Gasteiger partial charge in [0.1, 0.15) is 6.29 Å². The average Bonchev–Trinajstić information content (AvgIpc) is 2.74. The van der Waals surface area contributed by atoms with Gasteiger partial charge >= 0.3 is 5.97 Å². The van der Waals surface area contributed by atoms with Gasteiger partial charge in [-0.3, -0.25) is 9.59 Å². The molecule has 0 aromatic heterocycles. The molecule has 1 atom stereocenters. The van der Waals surface area contributed by atoms with Crippen LogP contribution < -0.4 is 4.90 Å². The molecule has 0 bridgehead atoms. The van der Waals surface area contributed by atoms with Crippen molar-refractivity contribution in [3.63, 3.8) is 0 Å². The Kier molecular flexibility index (Phi) is 5.86. The minimum atomic E-state index is -0.855. The van der Waals surface area contributed by atoms with Crippen molar-refractivity contribution in [1.29, 1.82) is 0 Å². The van der Waals surface area contributed by atoms with E-state index >= 15 is 0 Å². The summed E-state index contributed by atoms with van der Waals surface area (Å²) < 4.78 is 5.30. The van der Waals surface area contributed by atoms with Gasteiger partial charge in [-0.1, -0.05) is 30.3 Å². The van der Waals surface area contributed by atoms with Gasteiger partial charge in [-0.25, -0.2) is 4.79 Å². The molecule has 2 aromatic carbocycles. The summed E-state index contributed by atoms with van der Waals surface area (Å²) in [7, 11) is 0. The van der Waals surface area contributed by atoms with E-state index in [1.54, 1.807) is 24.0 Å². The first-order valence-corrected chi connectivity index (χ1v) is 8.93. The number of aldehydes is 1. The Morgan fingerprint density at radius 2 is 1.59 bits per heavy atom. The third-order valence-electron chi connectivity index (χ3n) is 4.63. The maximum absolute atomic E-state index is 12.6. The van der Waals surface area contributed by atoms with Gasteiger partial charge in [0.2, 0.25) is 0 Å². The molecule has 27 heavy (non-hydrogen) atoms. The molecule has 0 aliphatic carbocycles. The number of rotatable bonds is 5. The van der Waals surface area contributed by atoms with Gasteiger partial charge in [0, 0.05) is 37.4 Å². The highest BCUT2D eigenvalue weighted by atomic mass is 16.5. The van der Waals surface area contributed by atoms with Gasteiger partial charge in [-0.05, 0) is 31.2 Å². The lowest BCUT2D eigenvalue weighted by Crippen LogP contribution is -2.51. The Morgan fingerprint density at radius 3 is 2.19 bits per heavy atom. The molecule has 0 saturated carbocycles. The Bertz CT molecular complexity index is 797. The summed E-state index contributed by atoms with van der Waals surface area (Å²) in [5.41, 5.74) is 1.93. The molecular formula is C21H22N2O4. The van der Waals surface area contributed by atoms with Gasteiger partial charge < -0.3 is 14.5 Å². The van der Waals surface area contributed by atoms with Gasteiger partial charge in [0.15, 0.2) is 6.10 Å². The molecule has 140 valence electrons. The summed E-state index contributed by atoms with van der Waals surface area (Å²) in [4.78, 5) is 39.4. The summed E-state index contributed by atoms with van der Waals surface area (Å²) in [6.07, 6.45) is -0.150. The molecule has 1 saturated heterocycles. The fourth-order valence-corrected chi connectivity index (χ4v) is 3.06. The lowest BCUT2D eigenvalue weighted by molar-refractivity contribution is -0.140. The first-order chi connectivity index (χ1) is 13.1. The molecule has 1 unspecified atom stereocenters. The normalized spacial score (nSPS) is 15.1. The predicted molar refractivity (Wildman–Crippen MR) is 102 cm³/mol. The molecule has 2 aromatic rings. The van der Waals surface area contributed by atoms with Crippen LogP contribution in [0.15, 0.2) is 54.6 Å². The number of nitrogens with zero attached hydrogens (tertiary/aromatic N) is 2. The Morgan fingerprint density at radius 1 is 0.963 bits per heavy atom. The van der Waals surface area contributed by atoms with Crippen LogP contribution in [-0.4, -0.2) is 55.3 Å². The van der Waals surface area contributed by atoms with E-state index in [1.807, 2.05) is 18.2 Å². The number of carbonyl (C=O) groups is 3. The molecular weight excluding hydrogens is 344 g/mol. The van der Waals surface area contributed by atoms with Crippen LogP contribution in [0.25, 0.3) is 0 Å². The second kappa shape index (κ2) is 8.49. The van der Waals surface area contributed by atoms with Crippen LogP contribution in [0.3, 0.4) is 0 Å². The molecule has 3 rings (SSSR count). The second-order valence-corrected chi connectivity index (χ2v) is 6.44. The zero-order chi connectivity index (χ0) is 19.2. The molecule has 0 radical (unpaired) electrons. The SMILES string of the molecule is CC(OC(=O)c1ccc(C=O)cc1)C(=O)N1CCN(c2ccccc2)CC1. The predicted octanol–water partition coefficient (Wildman–Crippen LogP) is 2.39. The van der Waals surface area contributed by atoms with E-state index in [9.17, 15) is 14.4 Å². The van der Waals surface area contributed by atoms with Crippen molar-refractivity contribution in [2.45, 2.75) is 13.0 Å². The standard InChI is InChI=1S/C21H22N2O4/c1-16(27-21(26)18-9-7-17(15-24)8-10-18)20(25)23-13-11-22(12-14-23)19-5-3-2-4-6-19/h2-10,15-16H,11-14H2,1H3. The summed E-state index contributed by atoms with van der Waals surface area (Å²) in [5, 5.41) is 0. The Balaban J connectivity index is 1.53. The fraction of sp³-hybridized carbons (Fsp3) is 0.286. The average molecular weight is 366 g/mol. The van der Waals surface area contributed by atoms with Crippen LogP contribution in [0.5, 0.6) is 0 Å². The number of esters is 1. The molecule has 1 heterocycles. The fourth-order valence-electron chi connectivity index (χ4n) is 3.06. The molecule has 1 aliphatic rings. The number of hydrogen-bond acceptors (Lipinski definition) is 5. The minimum absolute atomic E-state index is 0.194. The lowest BCUT2D eigenvalue weighted by Gasteiger charge is -2.37. The van der Waals surface area contributed by atoms with E-state index in [-0.39, 0.29) is 5.91 Å². The maximum atomic E-state index is 12.6. The third kappa shape index (κ3) is 4.53. The number of anilines is 1. The van der Waals surface area contributed by atoms with Gasteiger partial charge in [0.25, 0.3) is 5.91 Å². The Hall–Kier alpha value is -3.15. The van der Waals surface area contributed by atoms with E-state index in [0.29, 0.717) is 30.5 Å². The highest BCUT2D eigenvalue weighted by molar-refractivity contribution is 5.93. The Labute approximate surface area is 158 Å². The number of piperazine rings is 1. The van der Waals surface area contributed by atoms with Crippen molar-refractivity contribution < 1.29 is 19.1 Å². The lowest BCUT2D eigenvalue weighted by atomic mass is 10.1. The molecule has 1 fully saturated rings. The highest BCUT2D eigenvalue weighted by Crippen LogP contribution is 2.16. The van der Waals surface area contributed by atoms with Crippen LogP contribution in [0.4, 0.5) is 5.69 Å². The van der Waals surface area contributed by atoms with Crippen LogP contribution in [0, 0.1) is 0 Å². The zero-order valence-corrected chi connectivity index (χ0v) is 15.2. The number of hydrogen-bond donors (Lipinski definition) is 0. The molecule has 6 nitrogen and oxygen atoms in total. The maximum Gasteiger partial charge on any atom is 0.338 e. The topological polar surface area (TPSA) is 66.9 Å². The molecule has 1 aliphatic heterocycles. The van der Waals surface area contributed by atoms with E-state index < -0.39 is 12.1 Å². The number of amides is 1. The number of para-hydroxylation sites is 1. The number of ether oxygens (including phenoxy) is 1. The number of benzene rings is 2. The summed E-state index contributed by atoms with van der Waals surface area (Å²) >= 11 is 0. The molecule has 6 heteroatoms. The van der Waals surface area contributed by atoms with Crippen LogP contribution >= 0.6 is 0 Å². The summed E-state index contributed by atoms with van der Waals surface area (Å²) in [5.74, 6) is -0.767. The van der Waals surface area contributed by atoms with Crippen molar-refractivity contribution in [3.05, 3.63) is 65.7 Å². The van der Waals surface area contributed by atoms with E-state index in [2.05, 4.69) is 17.0 Å². The van der Waals surface area contributed by atoms with E-state index in [1.165, 1.54) is 12.1 Å². The van der Waals surface area contributed by atoms with Crippen LogP contribution in [-0.2, 0) is 9.53 Å². The van der Waals surface area contributed by atoms with E-state index in [4.69, 9.17) is 4.74 Å². The third-order valence-corrected chi connectivity index (χ3v) is 4.63. The first-order valence-electron chi connectivity index (χ1n) is 8.93. The van der Waals surface area contributed by atoms with Crippen molar-refractivity contribution in [2.24, 2.45) is 0 Å². The summed E-state index contributed by atoms with van der Waals surface area (Å²) in [6.45, 7) is 4.24. The zero-order valence-electron chi connectivity index (χ0n) is 15.2. The van der Waals surface area contributed by atoms with Crippen LogP contribution in [0.1, 0.15) is 27.6 Å². The van der Waals surface area contributed by atoms with Crippen molar-refractivity contribution >= 4 is 23.9 Å². The van der Waals surface area contributed by atoms with Gasteiger partial charge in [-0.2, -0.15) is 0 Å².